The van der Waals surface area contributed by atoms with Crippen molar-refractivity contribution in [3.05, 3.63) is 22.4 Å². The molecule has 21 heavy (non-hydrogen) atoms. The number of nitrogens with zero attached hydrogens (tertiary/aromatic N) is 2. The molecule has 2 fully saturated rings. The maximum absolute atomic E-state index is 12.6. The smallest absolute Gasteiger partial charge is 0.223 e. The molecule has 1 amide bonds. The Kier molecular flexibility index (Phi) is 4.93. The number of carbonyl (C=O) groups is 1. The largest absolute Gasteiger partial charge is 0.373 e. The number of likely N-dealkylation sites (N-methyl/N-ethyl adjacent to an activating group) is 1. The molecular weight excluding hydrogens is 284 g/mol. The van der Waals surface area contributed by atoms with Crippen LogP contribution in [0.2, 0.25) is 0 Å². The fourth-order valence-corrected chi connectivity index (χ4v) is 4.09. The molecule has 3 rings (SSSR count). The average molecular weight is 308 g/mol. The van der Waals surface area contributed by atoms with Crippen LogP contribution in [0, 0.1) is 0 Å². The second-order valence-electron chi connectivity index (χ2n) is 5.88. The second-order valence-corrected chi connectivity index (χ2v) is 6.66. The van der Waals surface area contributed by atoms with Gasteiger partial charge in [-0.15, -0.1) is 0 Å². The molecule has 3 heterocycles. The van der Waals surface area contributed by atoms with Crippen molar-refractivity contribution in [1.82, 2.24) is 9.80 Å². The summed E-state index contributed by atoms with van der Waals surface area (Å²) < 4.78 is 5.91. The molecule has 0 unspecified atom stereocenters. The van der Waals surface area contributed by atoms with Gasteiger partial charge in [-0.2, -0.15) is 11.3 Å². The lowest BCUT2D eigenvalue weighted by atomic mass is 9.97. The Hall–Kier alpha value is -0.910. The Morgan fingerprint density at radius 3 is 3.14 bits per heavy atom. The van der Waals surface area contributed by atoms with Crippen molar-refractivity contribution in [2.45, 2.75) is 38.3 Å². The van der Waals surface area contributed by atoms with E-state index in [-0.39, 0.29) is 12.1 Å². The van der Waals surface area contributed by atoms with Gasteiger partial charge >= 0.3 is 0 Å². The maximum Gasteiger partial charge on any atom is 0.223 e. The molecule has 2 saturated heterocycles. The molecule has 0 radical (unpaired) electrons. The lowest BCUT2D eigenvalue weighted by Crippen LogP contribution is -2.60. The molecule has 2 aliphatic heterocycles. The number of amides is 1. The van der Waals surface area contributed by atoms with Gasteiger partial charge in [-0.1, -0.05) is 6.92 Å². The topological polar surface area (TPSA) is 32.8 Å². The van der Waals surface area contributed by atoms with E-state index in [0.29, 0.717) is 18.9 Å². The van der Waals surface area contributed by atoms with E-state index in [1.54, 1.807) is 11.3 Å². The highest BCUT2D eigenvalue weighted by Gasteiger charge is 2.38. The Morgan fingerprint density at radius 1 is 1.48 bits per heavy atom. The molecule has 4 nitrogen and oxygen atoms in total. The van der Waals surface area contributed by atoms with Gasteiger partial charge in [0.1, 0.15) is 0 Å². The standard InChI is InChI=1S/C16H24N2O2S/c1-2-17-7-5-14-15(11-17)20-9-8-18(14)16(19)4-3-13-6-10-21-12-13/h6,10,12,14-15H,2-5,7-9,11H2,1H3/t14-,15-/m0/s1. The van der Waals surface area contributed by atoms with Crippen molar-refractivity contribution >= 4 is 17.2 Å². The third kappa shape index (κ3) is 3.47. The fraction of sp³-hybridized carbons (Fsp3) is 0.688. The fourth-order valence-electron chi connectivity index (χ4n) is 3.38. The summed E-state index contributed by atoms with van der Waals surface area (Å²) in [6.07, 6.45) is 2.73. The van der Waals surface area contributed by atoms with Crippen molar-refractivity contribution in [1.29, 1.82) is 0 Å². The maximum atomic E-state index is 12.6. The molecule has 0 N–H and O–H groups in total. The lowest BCUT2D eigenvalue weighted by molar-refractivity contribution is -0.152. The minimum atomic E-state index is 0.206. The molecule has 0 saturated carbocycles. The number of hydrogen-bond acceptors (Lipinski definition) is 4. The normalized spacial score (nSPS) is 26.6. The van der Waals surface area contributed by atoms with E-state index in [0.717, 1.165) is 39.0 Å². The summed E-state index contributed by atoms with van der Waals surface area (Å²) in [5.74, 6) is 0.296. The van der Waals surface area contributed by atoms with Gasteiger partial charge in [-0.05, 0) is 41.8 Å². The average Bonchev–Trinajstić information content (AvgIpc) is 3.04. The van der Waals surface area contributed by atoms with Crippen LogP contribution in [0.4, 0.5) is 0 Å². The molecule has 2 atom stereocenters. The van der Waals surface area contributed by atoms with E-state index in [1.165, 1.54) is 5.56 Å². The third-order valence-corrected chi connectivity index (χ3v) is 5.38. The van der Waals surface area contributed by atoms with Crippen molar-refractivity contribution in [3.8, 4) is 0 Å². The van der Waals surface area contributed by atoms with E-state index in [4.69, 9.17) is 4.74 Å². The molecule has 116 valence electrons. The van der Waals surface area contributed by atoms with Crippen LogP contribution < -0.4 is 0 Å². The van der Waals surface area contributed by atoms with Crippen molar-refractivity contribution in [2.75, 3.05) is 32.8 Å². The first-order chi connectivity index (χ1) is 10.3. The Labute approximate surface area is 130 Å². The summed E-state index contributed by atoms with van der Waals surface area (Å²) in [4.78, 5) is 17.1. The van der Waals surface area contributed by atoms with Crippen LogP contribution in [-0.4, -0.2) is 60.6 Å². The van der Waals surface area contributed by atoms with Crippen molar-refractivity contribution in [3.63, 3.8) is 0 Å². The molecule has 0 aliphatic carbocycles. The predicted molar refractivity (Wildman–Crippen MR) is 84.6 cm³/mol. The predicted octanol–water partition coefficient (Wildman–Crippen LogP) is 2.00. The van der Waals surface area contributed by atoms with Crippen LogP contribution in [0.15, 0.2) is 16.8 Å². The molecule has 0 bridgehead atoms. The number of aryl methyl sites for hydroxylation is 1. The van der Waals surface area contributed by atoms with Crippen LogP contribution in [0.5, 0.6) is 0 Å². The van der Waals surface area contributed by atoms with E-state index >= 15 is 0 Å². The van der Waals surface area contributed by atoms with E-state index in [2.05, 4.69) is 33.6 Å². The minimum absolute atomic E-state index is 0.206. The first-order valence-corrected chi connectivity index (χ1v) is 8.86. The van der Waals surface area contributed by atoms with Gasteiger partial charge in [0.15, 0.2) is 0 Å². The molecule has 2 aliphatic rings. The Bertz CT molecular complexity index is 463. The van der Waals surface area contributed by atoms with Crippen LogP contribution in [0.1, 0.15) is 25.3 Å². The van der Waals surface area contributed by atoms with E-state index in [9.17, 15) is 4.79 Å². The molecule has 0 spiro atoms. The van der Waals surface area contributed by atoms with E-state index < -0.39 is 0 Å². The summed E-state index contributed by atoms with van der Waals surface area (Å²) in [5, 5.41) is 4.21. The van der Waals surface area contributed by atoms with Crippen LogP contribution in [0.25, 0.3) is 0 Å². The summed E-state index contributed by atoms with van der Waals surface area (Å²) in [6, 6.07) is 2.40. The Morgan fingerprint density at radius 2 is 2.38 bits per heavy atom. The van der Waals surface area contributed by atoms with Gasteiger partial charge in [0, 0.05) is 26.1 Å². The number of morpholine rings is 1. The summed E-state index contributed by atoms with van der Waals surface area (Å²) >= 11 is 1.70. The number of rotatable bonds is 4. The quantitative estimate of drug-likeness (QED) is 0.853. The number of ether oxygens (including phenoxy) is 1. The minimum Gasteiger partial charge on any atom is -0.373 e. The van der Waals surface area contributed by atoms with Crippen LogP contribution in [-0.2, 0) is 16.0 Å². The first-order valence-electron chi connectivity index (χ1n) is 7.92. The summed E-state index contributed by atoms with van der Waals surface area (Å²) in [6.45, 7) is 6.75. The zero-order valence-corrected chi connectivity index (χ0v) is 13.5. The van der Waals surface area contributed by atoms with Gasteiger partial charge in [0.05, 0.1) is 18.8 Å². The second kappa shape index (κ2) is 6.90. The number of likely N-dealkylation sites (tertiary alicyclic amines) is 1. The number of fused-ring (bicyclic) bond motifs is 1. The molecule has 1 aromatic heterocycles. The monoisotopic (exact) mass is 308 g/mol. The molecule has 1 aromatic rings. The zero-order valence-electron chi connectivity index (χ0n) is 12.7. The van der Waals surface area contributed by atoms with Gasteiger partial charge in [-0.3, -0.25) is 4.79 Å². The van der Waals surface area contributed by atoms with Gasteiger partial charge in [0.25, 0.3) is 0 Å². The molecular formula is C16H24N2O2S. The van der Waals surface area contributed by atoms with Crippen LogP contribution >= 0.6 is 11.3 Å². The first kappa shape index (κ1) is 15.0. The van der Waals surface area contributed by atoms with Crippen LogP contribution in [0.3, 0.4) is 0 Å². The molecule has 5 heteroatoms. The molecule has 0 aromatic carbocycles. The van der Waals surface area contributed by atoms with Crippen molar-refractivity contribution < 1.29 is 9.53 Å². The van der Waals surface area contributed by atoms with Gasteiger partial charge in [-0.25, -0.2) is 0 Å². The van der Waals surface area contributed by atoms with Crippen molar-refractivity contribution in [2.24, 2.45) is 0 Å². The summed E-state index contributed by atoms with van der Waals surface area (Å²) in [5.41, 5.74) is 1.28. The number of carbonyl (C=O) groups excluding carboxylic acids is 1. The summed E-state index contributed by atoms with van der Waals surface area (Å²) in [7, 11) is 0. The highest BCUT2D eigenvalue weighted by atomic mass is 32.1. The third-order valence-electron chi connectivity index (χ3n) is 4.65. The van der Waals surface area contributed by atoms with Gasteiger partial charge in [0.2, 0.25) is 5.91 Å². The Balaban J connectivity index is 1.57. The lowest BCUT2D eigenvalue weighted by Gasteiger charge is -2.46. The SMILES string of the molecule is CCN1CC[C@H]2[C@H](C1)OCCN2C(=O)CCc1ccsc1. The number of thiophene rings is 1. The van der Waals surface area contributed by atoms with E-state index in [1.807, 2.05) is 0 Å². The highest BCUT2D eigenvalue weighted by Crippen LogP contribution is 2.24. The number of hydrogen-bond donors (Lipinski definition) is 0. The number of piperidine rings is 1. The zero-order chi connectivity index (χ0) is 14.7. The highest BCUT2D eigenvalue weighted by molar-refractivity contribution is 7.07. The van der Waals surface area contributed by atoms with Gasteiger partial charge < -0.3 is 14.5 Å².